The molecule has 0 aromatic carbocycles. The smallest absolute Gasteiger partial charge is 0.410 e. The molecule has 5 nitrogen and oxygen atoms in total. The molecule has 1 fully saturated rings. The summed E-state index contributed by atoms with van der Waals surface area (Å²) in [6, 6.07) is -0.0276. The summed E-state index contributed by atoms with van der Waals surface area (Å²) >= 11 is 0. The fraction of sp³-hybridized carbons (Fsp3) is 0.846. The zero-order chi connectivity index (χ0) is 13.2. The Kier molecular flexibility index (Phi) is 5.64. The molecule has 1 amide bonds. The Hall–Kier alpha value is -0.780. The number of rotatable bonds is 1. The molecule has 0 unspecified atom stereocenters. The number of hydrogen-bond donors (Lipinski definition) is 0. The molecule has 19 heavy (non-hydrogen) atoms. The van der Waals surface area contributed by atoms with Crippen molar-refractivity contribution in [1.82, 2.24) is 4.90 Å². The van der Waals surface area contributed by atoms with Gasteiger partial charge in [-0.2, -0.15) is 0 Å². The maximum atomic E-state index is 12.1. The van der Waals surface area contributed by atoms with Gasteiger partial charge in [0, 0.05) is 19.5 Å². The van der Waals surface area contributed by atoms with Crippen LogP contribution in [0, 0.1) is 0 Å². The van der Waals surface area contributed by atoms with Crippen molar-refractivity contribution >= 4 is 29.0 Å². The topological polar surface area (TPSA) is 51.1 Å². The van der Waals surface area contributed by atoms with Gasteiger partial charge >= 0.3 is 6.09 Å². The van der Waals surface area contributed by atoms with Crippen molar-refractivity contribution in [2.75, 3.05) is 19.7 Å². The molecule has 0 aromatic heterocycles. The van der Waals surface area contributed by atoms with E-state index >= 15 is 0 Å². The standard InChI is InChI=1S/C13H22N2O3.BrH/c1-13(2,3)18-12(16)15-8-4-6-10(15)11-14-7-5-9-17-11;/h10H,4-9H2,1-3H3;1H/t10-;/m0./s1. The summed E-state index contributed by atoms with van der Waals surface area (Å²) in [7, 11) is 0. The van der Waals surface area contributed by atoms with Crippen molar-refractivity contribution in [1.29, 1.82) is 0 Å². The Labute approximate surface area is 125 Å². The van der Waals surface area contributed by atoms with Gasteiger partial charge in [0.2, 0.25) is 5.90 Å². The van der Waals surface area contributed by atoms with Crippen LogP contribution in [0.1, 0.15) is 40.0 Å². The summed E-state index contributed by atoms with van der Waals surface area (Å²) in [6.07, 6.45) is 2.59. The van der Waals surface area contributed by atoms with Crippen LogP contribution >= 0.6 is 17.0 Å². The van der Waals surface area contributed by atoms with E-state index in [1.807, 2.05) is 20.8 Å². The highest BCUT2D eigenvalue weighted by atomic mass is 79.9. The second-order valence-corrected chi connectivity index (χ2v) is 5.75. The largest absolute Gasteiger partial charge is 0.479 e. The third kappa shape index (κ3) is 4.37. The number of ether oxygens (including phenoxy) is 2. The van der Waals surface area contributed by atoms with Gasteiger partial charge in [-0.1, -0.05) is 0 Å². The third-order valence-corrected chi connectivity index (χ3v) is 2.99. The minimum Gasteiger partial charge on any atom is -0.479 e. The molecule has 2 aliphatic rings. The highest BCUT2D eigenvalue weighted by Gasteiger charge is 2.36. The van der Waals surface area contributed by atoms with E-state index in [1.165, 1.54) is 0 Å². The lowest BCUT2D eigenvalue weighted by Gasteiger charge is -2.29. The average Bonchev–Trinajstić information content (AvgIpc) is 2.76. The van der Waals surface area contributed by atoms with E-state index in [4.69, 9.17) is 9.47 Å². The molecule has 0 aliphatic carbocycles. The van der Waals surface area contributed by atoms with Crippen LogP contribution in [0.5, 0.6) is 0 Å². The van der Waals surface area contributed by atoms with Crippen LogP contribution in [0.25, 0.3) is 0 Å². The maximum absolute atomic E-state index is 12.1. The van der Waals surface area contributed by atoms with Crippen molar-refractivity contribution < 1.29 is 14.3 Å². The van der Waals surface area contributed by atoms with E-state index in [1.54, 1.807) is 4.90 Å². The quantitative estimate of drug-likeness (QED) is 0.740. The van der Waals surface area contributed by atoms with E-state index in [0.717, 1.165) is 32.4 Å². The normalized spacial score (nSPS) is 23.2. The predicted octanol–water partition coefficient (Wildman–Crippen LogP) is 2.78. The summed E-state index contributed by atoms with van der Waals surface area (Å²) in [4.78, 5) is 18.2. The minimum absolute atomic E-state index is 0. The van der Waals surface area contributed by atoms with Crippen LogP contribution in [0.3, 0.4) is 0 Å². The van der Waals surface area contributed by atoms with E-state index < -0.39 is 5.60 Å². The summed E-state index contributed by atoms with van der Waals surface area (Å²) in [5.41, 5.74) is -0.459. The molecule has 1 saturated heterocycles. The first kappa shape index (κ1) is 16.3. The number of aliphatic imine (C=N–C) groups is 1. The maximum Gasteiger partial charge on any atom is 0.410 e. The van der Waals surface area contributed by atoms with Crippen molar-refractivity contribution in [3.8, 4) is 0 Å². The molecule has 0 saturated carbocycles. The summed E-state index contributed by atoms with van der Waals surface area (Å²) in [5.74, 6) is 0.713. The molecule has 2 rings (SSSR count). The average molecular weight is 335 g/mol. The van der Waals surface area contributed by atoms with Crippen LogP contribution < -0.4 is 0 Å². The van der Waals surface area contributed by atoms with Gasteiger partial charge in [0.25, 0.3) is 0 Å². The van der Waals surface area contributed by atoms with Gasteiger partial charge in [-0.3, -0.25) is 9.89 Å². The third-order valence-electron chi connectivity index (χ3n) is 2.99. The van der Waals surface area contributed by atoms with Crippen molar-refractivity contribution in [3.63, 3.8) is 0 Å². The van der Waals surface area contributed by atoms with Crippen molar-refractivity contribution in [2.24, 2.45) is 4.99 Å². The lowest BCUT2D eigenvalue weighted by molar-refractivity contribution is 0.0250. The first-order chi connectivity index (χ1) is 8.47. The van der Waals surface area contributed by atoms with Crippen LogP contribution in [0.2, 0.25) is 0 Å². The fourth-order valence-corrected chi connectivity index (χ4v) is 2.24. The van der Waals surface area contributed by atoms with Gasteiger partial charge in [0.1, 0.15) is 11.6 Å². The van der Waals surface area contributed by atoms with E-state index in [-0.39, 0.29) is 29.1 Å². The van der Waals surface area contributed by atoms with Crippen LogP contribution in [0.15, 0.2) is 4.99 Å². The molecule has 0 aromatic rings. The highest BCUT2D eigenvalue weighted by molar-refractivity contribution is 8.93. The van der Waals surface area contributed by atoms with Gasteiger partial charge in [-0.05, 0) is 33.6 Å². The number of hydrogen-bond acceptors (Lipinski definition) is 4. The predicted molar refractivity (Wildman–Crippen MR) is 79.2 cm³/mol. The summed E-state index contributed by atoms with van der Waals surface area (Å²) in [6.45, 7) is 7.87. The number of carbonyl (C=O) groups excluding carboxylic acids is 1. The zero-order valence-corrected chi connectivity index (χ0v) is 13.6. The molecule has 0 spiro atoms. The first-order valence-electron chi connectivity index (χ1n) is 6.64. The Morgan fingerprint density at radius 3 is 2.74 bits per heavy atom. The van der Waals surface area contributed by atoms with E-state index in [0.29, 0.717) is 12.5 Å². The van der Waals surface area contributed by atoms with Gasteiger partial charge in [0.15, 0.2) is 0 Å². The molecular formula is C13H23BrN2O3. The SMILES string of the molecule is Br.CC(C)(C)OC(=O)N1CCC[C@H]1C1=NCCCO1. The lowest BCUT2D eigenvalue weighted by Crippen LogP contribution is -2.44. The Morgan fingerprint density at radius 2 is 2.16 bits per heavy atom. The van der Waals surface area contributed by atoms with Crippen LogP contribution in [-0.2, 0) is 9.47 Å². The van der Waals surface area contributed by atoms with Crippen LogP contribution in [-0.4, -0.2) is 48.2 Å². The van der Waals surface area contributed by atoms with Crippen LogP contribution in [0.4, 0.5) is 4.79 Å². The molecule has 1 atom stereocenters. The van der Waals surface area contributed by atoms with E-state index in [9.17, 15) is 4.79 Å². The van der Waals surface area contributed by atoms with Gasteiger partial charge in [-0.15, -0.1) is 17.0 Å². The first-order valence-corrected chi connectivity index (χ1v) is 6.64. The highest BCUT2D eigenvalue weighted by Crippen LogP contribution is 2.23. The zero-order valence-electron chi connectivity index (χ0n) is 11.8. The number of nitrogens with zero attached hydrogens (tertiary/aromatic N) is 2. The van der Waals surface area contributed by atoms with Gasteiger partial charge < -0.3 is 9.47 Å². The van der Waals surface area contributed by atoms with Gasteiger partial charge in [-0.25, -0.2) is 4.79 Å². The minimum atomic E-state index is -0.459. The van der Waals surface area contributed by atoms with E-state index in [2.05, 4.69) is 4.99 Å². The number of carbonyl (C=O) groups is 1. The monoisotopic (exact) mass is 334 g/mol. The number of likely N-dealkylation sites (tertiary alicyclic amines) is 1. The molecular weight excluding hydrogens is 312 g/mol. The van der Waals surface area contributed by atoms with Crippen molar-refractivity contribution in [2.45, 2.75) is 51.7 Å². The second kappa shape index (κ2) is 6.59. The molecule has 2 aliphatic heterocycles. The molecule has 0 bridgehead atoms. The molecule has 2 heterocycles. The number of amides is 1. The Balaban J connectivity index is 0.00000180. The Morgan fingerprint density at radius 1 is 1.42 bits per heavy atom. The molecule has 110 valence electrons. The van der Waals surface area contributed by atoms with Gasteiger partial charge in [0.05, 0.1) is 6.61 Å². The fourth-order valence-electron chi connectivity index (χ4n) is 2.24. The molecule has 0 N–H and O–H groups in total. The summed E-state index contributed by atoms with van der Waals surface area (Å²) < 4.78 is 11.0. The lowest BCUT2D eigenvalue weighted by atomic mass is 10.2. The summed E-state index contributed by atoms with van der Waals surface area (Å²) in [5, 5.41) is 0. The molecule has 6 heteroatoms. The Bertz CT molecular complexity index is 352. The number of halogens is 1. The second-order valence-electron chi connectivity index (χ2n) is 5.75. The molecule has 0 radical (unpaired) electrons. The van der Waals surface area contributed by atoms with Crippen molar-refractivity contribution in [3.05, 3.63) is 0 Å².